The van der Waals surface area contributed by atoms with Gasteiger partial charge in [-0.3, -0.25) is 14.0 Å². The van der Waals surface area contributed by atoms with Gasteiger partial charge in [0.25, 0.3) is 12.3 Å². The van der Waals surface area contributed by atoms with E-state index in [1.54, 1.807) is 22.8 Å². The molecule has 45 heavy (non-hydrogen) atoms. The van der Waals surface area contributed by atoms with Crippen LogP contribution in [0, 0.1) is 18.3 Å². The van der Waals surface area contributed by atoms with Gasteiger partial charge in [-0.25, -0.2) is 18.7 Å². The third-order valence-electron chi connectivity index (χ3n) is 8.72. The van der Waals surface area contributed by atoms with Crippen molar-refractivity contribution < 1.29 is 18.4 Å². The van der Waals surface area contributed by atoms with Crippen LogP contribution in [0.15, 0.2) is 47.7 Å². The zero-order valence-electron chi connectivity index (χ0n) is 25.2. The van der Waals surface area contributed by atoms with Crippen LogP contribution in [0.1, 0.15) is 41.4 Å². The number of alkyl halides is 2. The molecule has 0 saturated carbocycles. The van der Waals surface area contributed by atoms with E-state index in [0.29, 0.717) is 60.9 Å². The summed E-state index contributed by atoms with van der Waals surface area (Å²) in [6.07, 6.45) is 10.0. The number of nitrogens with one attached hydrogen (secondary N) is 2. The molecule has 2 fully saturated rings. The molecule has 1 aromatic carbocycles. The molecular formula is C32H35BF2N8O2. The lowest BCUT2D eigenvalue weighted by atomic mass is 9.61. The van der Waals surface area contributed by atoms with Gasteiger partial charge in [-0.2, -0.15) is 0 Å². The Balaban J connectivity index is 1.17. The van der Waals surface area contributed by atoms with Gasteiger partial charge in [-0.1, -0.05) is 12.9 Å². The fourth-order valence-corrected chi connectivity index (χ4v) is 6.32. The number of aryl methyl sites for hydroxylation is 1. The molecule has 0 aliphatic carbocycles. The maximum atomic E-state index is 13.8. The largest absolute Gasteiger partial charge is 0.339 e. The van der Waals surface area contributed by atoms with E-state index in [4.69, 9.17) is 6.42 Å². The number of rotatable bonds is 8. The lowest BCUT2D eigenvalue weighted by Crippen LogP contribution is -2.52. The average molecular weight is 612 g/mol. The standard InChI is InChI=1S/C32H35BF2N8O2/c1-3-9-33-19-25(27(40-33)28(34)35)26-20-38-30-29(37-12-13-43(26)30)39-23-5-6-24(21(4-2)18-23)32(45)42-16-14-41(15-17-42)31(44)22-7-10-36-11-8-22/h1,5-6,12-13,18-20,22,28,36H,4,7-11,14-17H2,2H3,(H,37,39). The van der Waals surface area contributed by atoms with Gasteiger partial charge in [0.05, 0.1) is 17.6 Å². The van der Waals surface area contributed by atoms with Crippen LogP contribution in [-0.2, 0) is 11.2 Å². The molecular weight excluding hydrogens is 577 g/mol. The fraction of sp³-hybridized carbons (Fsp3) is 0.406. The molecule has 2 aromatic heterocycles. The molecule has 0 radical (unpaired) electrons. The molecule has 3 aliphatic heterocycles. The van der Waals surface area contributed by atoms with Gasteiger partial charge in [0, 0.05) is 67.6 Å². The molecule has 2 saturated heterocycles. The number of hydrogen-bond donors (Lipinski definition) is 2. The minimum absolute atomic E-state index is 0.0463. The maximum absolute atomic E-state index is 13.8. The number of carbonyl (C=O) groups is 2. The number of hydrogen-bond acceptors (Lipinski definition) is 7. The number of piperazine rings is 1. The highest BCUT2D eigenvalue weighted by molar-refractivity contribution is 6.71. The van der Waals surface area contributed by atoms with Crippen molar-refractivity contribution >= 4 is 47.1 Å². The Bertz CT molecular complexity index is 1700. The molecule has 0 unspecified atom stereocenters. The number of nitrogens with zero attached hydrogens (tertiary/aromatic N) is 6. The van der Waals surface area contributed by atoms with Crippen LogP contribution < -0.4 is 10.6 Å². The summed E-state index contributed by atoms with van der Waals surface area (Å²) >= 11 is 0. The van der Waals surface area contributed by atoms with Crippen molar-refractivity contribution in [2.75, 3.05) is 44.6 Å². The van der Waals surface area contributed by atoms with Gasteiger partial charge in [0.2, 0.25) is 5.91 Å². The second-order valence-corrected chi connectivity index (χ2v) is 11.5. The van der Waals surface area contributed by atoms with Gasteiger partial charge in [0.1, 0.15) is 0 Å². The van der Waals surface area contributed by atoms with E-state index >= 15 is 0 Å². The minimum Gasteiger partial charge on any atom is -0.339 e. The number of aromatic nitrogens is 3. The minimum atomic E-state index is -2.75. The first kappa shape index (κ1) is 30.5. The average Bonchev–Trinajstić information content (AvgIpc) is 3.70. The molecule has 0 bridgehead atoms. The number of piperidine rings is 1. The van der Waals surface area contributed by atoms with Crippen molar-refractivity contribution in [2.45, 2.75) is 38.9 Å². The summed E-state index contributed by atoms with van der Waals surface area (Å²) in [7, 11) is 0. The lowest BCUT2D eigenvalue weighted by Gasteiger charge is -2.37. The van der Waals surface area contributed by atoms with Gasteiger partial charge >= 0.3 is 6.85 Å². The van der Waals surface area contributed by atoms with Crippen molar-refractivity contribution in [1.29, 1.82) is 0 Å². The van der Waals surface area contributed by atoms with Crippen LogP contribution in [0.3, 0.4) is 0 Å². The van der Waals surface area contributed by atoms with Gasteiger partial charge in [-0.15, -0.1) is 12.3 Å². The molecule has 2 amide bonds. The number of halogens is 2. The van der Waals surface area contributed by atoms with E-state index in [2.05, 4.69) is 31.4 Å². The van der Waals surface area contributed by atoms with Crippen LogP contribution >= 0.6 is 0 Å². The summed E-state index contributed by atoms with van der Waals surface area (Å²) in [5, 5.41) is 6.59. The van der Waals surface area contributed by atoms with Crippen LogP contribution in [0.2, 0.25) is 6.32 Å². The number of allylic oxidation sites excluding steroid dienone is 1. The Hall–Kier alpha value is -4.57. The molecule has 5 heterocycles. The Kier molecular flexibility index (Phi) is 8.93. The second kappa shape index (κ2) is 13.2. The molecule has 6 rings (SSSR count). The highest BCUT2D eigenvalue weighted by Gasteiger charge is 2.32. The van der Waals surface area contributed by atoms with E-state index in [1.165, 1.54) is 6.20 Å². The highest BCUT2D eigenvalue weighted by atomic mass is 19.3. The van der Waals surface area contributed by atoms with E-state index in [0.717, 1.165) is 37.2 Å². The van der Waals surface area contributed by atoms with E-state index in [9.17, 15) is 18.4 Å². The normalized spacial score (nSPS) is 17.4. The molecule has 0 atom stereocenters. The summed E-state index contributed by atoms with van der Waals surface area (Å²) in [6, 6.07) is 5.56. The first-order chi connectivity index (χ1) is 21.9. The topological polar surface area (TPSA) is 107 Å². The molecule has 10 nitrogen and oxygen atoms in total. The van der Waals surface area contributed by atoms with Crippen LogP contribution in [0.25, 0.3) is 11.2 Å². The first-order valence-corrected chi connectivity index (χ1v) is 15.4. The predicted octanol–water partition coefficient (Wildman–Crippen LogP) is 3.59. The zero-order valence-corrected chi connectivity index (χ0v) is 25.2. The molecule has 0 spiro atoms. The van der Waals surface area contributed by atoms with Crippen molar-refractivity contribution in [3.63, 3.8) is 0 Å². The summed E-state index contributed by atoms with van der Waals surface area (Å²) in [4.78, 5) is 43.3. The second-order valence-electron chi connectivity index (χ2n) is 11.5. The highest BCUT2D eigenvalue weighted by Crippen LogP contribution is 2.30. The number of benzene rings is 1. The van der Waals surface area contributed by atoms with E-state index in [1.807, 2.05) is 34.9 Å². The number of terminal acetylenes is 1. The van der Waals surface area contributed by atoms with Crippen molar-refractivity contribution in [1.82, 2.24) is 29.5 Å². The maximum Gasteiger partial charge on any atom is 0.317 e. The predicted molar refractivity (Wildman–Crippen MR) is 171 cm³/mol. The monoisotopic (exact) mass is 612 g/mol. The Morgan fingerprint density at radius 1 is 1.16 bits per heavy atom. The molecule has 3 aliphatic rings. The summed E-state index contributed by atoms with van der Waals surface area (Å²) < 4.78 is 29.4. The lowest BCUT2D eigenvalue weighted by molar-refractivity contribution is -0.137. The van der Waals surface area contributed by atoms with Crippen molar-refractivity contribution in [3.8, 4) is 12.3 Å². The van der Waals surface area contributed by atoms with Gasteiger partial charge < -0.3 is 25.3 Å². The SMILES string of the molecule is C#CCB1C=C(c2cnc3c(Nc4ccc(C(=O)N5CCN(C(=O)C6CCNCC6)CC5)c(CC)c4)nccn23)C(C(F)F)=N1. The zero-order chi connectivity index (χ0) is 31.5. The van der Waals surface area contributed by atoms with Crippen molar-refractivity contribution in [2.24, 2.45) is 10.8 Å². The number of carbonyl (C=O) groups excluding carboxylic acids is 2. The summed E-state index contributed by atoms with van der Waals surface area (Å²) in [6.45, 7) is 5.34. The molecule has 232 valence electrons. The van der Waals surface area contributed by atoms with Gasteiger partial charge in [0.15, 0.2) is 11.5 Å². The van der Waals surface area contributed by atoms with Crippen LogP contribution in [0.5, 0.6) is 0 Å². The fourth-order valence-electron chi connectivity index (χ4n) is 6.32. The Morgan fingerprint density at radius 2 is 1.91 bits per heavy atom. The number of anilines is 2. The quantitative estimate of drug-likeness (QED) is 0.298. The van der Waals surface area contributed by atoms with Crippen molar-refractivity contribution in [3.05, 3.63) is 59.6 Å². The molecule has 13 heteroatoms. The van der Waals surface area contributed by atoms with Gasteiger partial charge in [-0.05, 0) is 56.1 Å². The molecule has 2 N–H and O–H groups in total. The smallest absolute Gasteiger partial charge is 0.317 e. The van der Waals surface area contributed by atoms with Crippen LogP contribution in [0.4, 0.5) is 20.3 Å². The number of imidazole rings is 1. The van der Waals surface area contributed by atoms with Crippen LogP contribution in [-0.4, -0.2) is 94.2 Å². The van der Waals surface area contributed by atoms with E-state index < -0.39 is 13.3 Å². The summed E-state index contributed by atoms with van der Waals surface area (Å²) in [5.74, 6) is 4.82. The molecule has 3 aromatic rings. The Labute approximate surface area is 261 Å². The third kappa shape index (κ3) is 6.20. The Morgan fingerprint density at radius 3 is 2.62 bits per heavy atom. The number of amides is 2. The number of fused-ring (bicyclic) bond motifs is 1. The summed E-state index contributed by atoms with van der Waals surface area (Å²) in [5.41, 5.74) is 3.16. The first-order valence-electron chi connectivity index (χ1n) is 15.4. The van der Waals surface area contributed by atoms with E-state index in [-0.39, 0.29) is 29.8 Å². The third-order valence-corrected chi connectivity index (χ3v) is 8.72.